The fourth-order valence-corrected chi connectivity index (χ4v) is 9.74. The van der Waals surface area contributed by atoms with Gasteiger partial charge in [-0.25, -0.2) is 19.9 Å². The lowest BCUT2D eigenvalue weighted by Crippen LogP contribution is -2.27. The molecule has 0 bridgehead atoms. The molecule has 3 aromatic heterocycles. The Balaban J connectivity index is 1.02. The van der Waals surface area contributed by atoms with E-state index in [9.17, 15) is 0 Å². The van der Waals surface area contributed by atoms with E-state index in [0.29, 0.717) is 17.5 Å². The third-order valence-corrected chi connectivity index (χ3v) is 12.3. The number of aromatic nitrogens is 5. The van der Waals surface area contributed by atoms with E-state index in [2.05, 4.69) is 120 Å². The van der Waals surface area contributed by atoms with Crippen molar-refractivity contribution in [3.8, 4) is 62.1 Å². The van der Waals surface area contributed by atoms with Crippen LogP contribution in [-0.2, 0) is 5.41 Å². The first-order valence-corrected chi connectivity index (χ1v) is 19.9. The Labute approximate surface area is 338 Å². The zero-order valence-corrected chi connectivity index (χ0v) is 31.5. The van der Waals surface area contributed by atoms with Crippen LogP contribution in [0.1, 0.15) is 22.5 Å². The first-order chi connectivity index (χ1) is 29.2. The molecule has 6 heteroatoms. The second-order valence-electron chi connectivity index (χ2n) is 15.4. The van der Waals surface area contributed by atoms with Gasteiger partial charge >= 0.3 is 0 Å². The number of fused-ring (bicyclic) bond motifs is 15. The molecule has 0 radical (unpaired) electrons. The minimum absolute atomic E-state index is 0.581. The van der Waals surface area contributed by atoms with E-state index in [1.807, 2.05) is 72.8 Å². The molecule has 1 aliphatic heterocycles. The Morgan fingerprint density at radius 2 is 1.03 bits per heavy atom. The number of nitrogens with zero attached hydrogens (tertiary/aromatic N) is 5. The van der Waals surface area contributed by atoms with Crippen molar-refractivity contribution in [1.29, 1.82) is 0 Å². The lowest BCUT2D eigenvalue weighted by atomic mass is 9.72. The van der Waals surface area contributed by atoms with Crippen molar-refractivity contribution in [1.82, 2.24) is 24.5 Å². The maximum Gasteiger partial charge on any atom is 0.164 e. The van der Waals surface area contributed by atoms with Gasteiger partial charge in [-0.2, -0.15) is 0 Å². The first kappa shape index (κ1) is 32.2. The Hall–Kier alpha value is -7.96. The summed E-state index contributed by atoms with van der Waals surface area (Å²) in [5.74, 6) is 2.87. The van der Waals surface area contributed by atoms with Crippen LogP contribution >= 0.6 is 0 Å². The zero-order chi connectivity index (χ0) is 38.7. The van der Waals surface area contributed by atoms with Crippen LogP contribution in [0.15, 0.2) is 192 Å². The predicted octanol–water partition coefficient (Wildman–Crippen LogP) is 12.5. The van der Waals surface area contributed by atoms with Gasteiger partial charge in [0.25, 0.3) is 0 Å². The van der Waals surface area contributed by atoms with E-state index in [1.54, 1.807) is 0 Å². The quantitative estimate of drug-likeness (QED) is 0.179. The normalized spacial score (nSPS) is 14.8. The molecule has 0 saturated heterocycles. The number of rotatable bonds is 4. The maximum absolute atomic E-state index is 6.55. The summed E-state index contributed by atoms with van der Waals surface area (Å²) in [6.45, 7) is 0. The number of furan rings is 1. The van der Waals surface area contributed by atoms with Crippen LogP contribution in [0.3, 0.4) is 0 Å². The average molecular weight is 754 g/mol. The van der Waals surface area contributed by atoms with Gasteiger partial charge in [-0.1, -0.05) is 146 Å². The summed E-state index contributed by atoms with van der Waals surface area (Å²) >= 11 is 0. The Morgan fingerprint density at radius 3 is 1.85 bits per heavy atom. The van der Waals surface area contributed by atoms with Gasteiger partial charge in [0.15, 0.2) is 17.5 Å². The topological polar surface area (TPSA) is 69.6 Å². The molecule has 0 N–H and O–H groups in total. The van der Waals surface area contributed by atoms with Crippen LogP contribution < -0.4 is 0 Å². The van der Waals surface area contributed by atoms with E-state index in [0.717, 1.165) is 66.6 Å². The van der Waals surface area contributed by atoms with Gasteiger partial charge in [-0.05, 0) is 81.4 Å². The SMILES string of the molecule is c1ccc(-c2nc(-c3ccccc3)nc(-c3cccc4oc5ccc(-c6ccc7c(c6)C6(c8ccccc8-7)c7ccccc7-n7c6nc6ccccc67)cc5c34)n2)cc1. The van der Waals surface area contributed by atoms with E-state index >= 15 is 0 Å². The molecular weight excluding hydrogens is 723 g/mol. The molecule has 2 aliphatic rings. The molecule has 1 aliphatic carbocycles. The molecule has 1 spiro atoms. The van der Waals surface area contributed by atoms with Gasteiger partial charge in [0.1, 0.15) is 22.4 Å². The number of benzene rings is 8. The van der Waals surface area contributed by atoms with E-state index < -0.39 is 5.41 Å². The molecular formula is C53H31N5O. The highest BCUT2D eigenvalue weighted by atomic mass is 16.3. The van der Waals surface area contributed by atoms with E-state index in [-0.39, 0.29) is 0 Å². The fourth-order valence-electron chi connectivity index (χ4n) is 9.74. The van der Waals surface area contributed by atoms with Crippen molar-refractivity contribution >= 4 is 33.0 Å². The summed E-state index contributed by atoms with van der Waals surface area (Å²) in [5.41, 5.74) is 15.5. The van der Waals surface area contributed by atoms with Gasteiger partial charge in [-0.3, -0.25) is 4.57 Å². The van der Waals surface area contributed by atoms with Crippen LogP contribution in [0.5, 0.6) is 0 Å². The van der Waals surface area contributed by atoms with Crippen LogP contribution in [0.4, 0.5) is 0 Å². The summed E-state index contributed by atoms with van der Waals surface area (Å²) in [6.07, 6.45) is 0. The second-order valence-corrected chi connectivity index (χ2v) is 15.4. The number of imidazole rings is 1. The lowest BCUT2D eigenvalue weighted by Gasteiger charge is -2.27. The molecule has 0 saturated carbocycles. The third-order valence-electron chi connectivity index (χ3n) is 12.3. The largest absolute Gasteiger partial charge is 0.456 e. The molecule has 0 amide bonds. The van der Waals surface area contributed by atoms with Gasteiger partial charge in [0, 0.05) is 27.5 Å². The predicted molar refractivity (Wildman–Crippen MR) is 234 cm³/mol. The van der Waals surface area contributed by atoms with Gasteiger partial charge < -0.3 is 4.42 Å². The molecule has 0 fully saturated rings. The maximum atomic E-state index is 6.55. The minimum atomic E-state index is -0.581. The molecule has 4 heterocycles. The standard InChI is InChI=1S/C53H31N5O/c1-3-14-32(15-4-1)49-55-50(33-16-5-2-6-17-33)57-51(56-49)38-19-13-25-47-48(38)39-30-34(27-29-46(39)59-47)35-26-28-37-36-18-7-8-20-40(36)53(42(37)31-35)41-21-9-11-23-44(41)58-45-24-12-10-22-43(45)54-52(53)58/h1-31H. The van der Waals surface area contributed by atoms with Crippen molar-refractivity contribution in [3.63, 3.8) is 0 Å². The summed E-state index contributed by atoms with van der Waals surface area (Å²) < 4.78 is 8.93. The van der Waals surface area contributed by atoms with Crippen LogP contribution in [0.2, 0.25) is 0 Å². The van der Waals surface area contributed by atoms with Crippen molar-refractivity contribution < 1.29 is 4.42 Å². The highest BCUT2D eigenvalue weighted by Crippen LogP contribution is 2.61. The molecule has 274 valence electrons. The smallest absolute Gasteiger partial charge is 0.164 e. The van der Waals surface area contributed by atoms with Gasteiger partial charge in [0.2, 0.25) is 0 Å². The Bertz CT molecular complexity index is 3460. The van der Waals surface area contributed by atoms with E-state index in [4.69, 9.17) is 24.4 Å². The Kier molecular flexibility index (Phi) is 6.55. The molecule has 59 heavy (non-hydrogen) atoms. The monoisotopic (exact) mass is 753 g/mol. The van der Waals surface area contributed by atoms with Crippen molar-refractivity contribution in [2.75, 3.05) is 0 Å². The number of para-hydroxylation sites is 3. The van der Waals surface area contributed by atoms with E-state index in [1.165, 1.54) is 33.5 Å². The lowest BCUT2D eigenvalue weighted by molar-refractivity contribution is 0.669. The highest BCUT2D eigenvalue weighted by molar-refractivity contribution is 6.13. The third kappa shape index (κ3) is 4.45. The van der Waals surface area contributed by atoms with Crippen molar-refractivity contribution in [2.45, 2.75) is 5.41 Å². The zero-order valence-electron chi connectivity index (χ0n) is 31.5. The van der Waals surface area contributed by atoms with Gasteiger partial charge in [-0.15, -0.1) is 0 Å². The Morgan fingerprint density at radius 1 is 0.407 bits per heavy atom. The molecule has 1 atom stereocenters. The minimum Gasteiger partial charge on any atom is -0.456 e. The van der Waals surface area contributed by atoms with Crippen LogP contribution in [0.25, 0.3) is 95.1 Å². The van der Waals surface area contributed by atoms with Gasteiger partial charge in [0.05, 0.1) is 16.7 Å². The second kappa shape index (κ2) is 12.0. The molecule has 11 aromatic rings. The first-order valence-electron chi connectivity index (χ1n) is 19.9. The van der Waals surface area contributed by atoms with Crippen molar-refractivity contribution in [3.05, 3.63) is 211 Å². The fraction of sp³-hybridized carbons (Fsp3) is 0.0189. The summed E-state index contributed by atoms with van der Waals surface area (Å²) in [4.78, 5) is 20.6. The molecule has 6 nitrogen and oxygen atoms in total. The highest BCUT2D eigenvalue weighted by Gasteiger charge is 2.54. The number of hydrogen-bond donors (Lipinski definition) is 0. The number of hydrogen-bond acceptors (Lipinski definition) is 5. The summed E-state index contributed by atoms with van der Waals surface area (Å²) in [7, 11) is 0. The van der Waals surface area contributed by atoms with Crippen LogP contribution in [-0.4, -0.2) is 24.5 Å². The van der Waals surface area contributed by atoms with Crippen LogP contribution in [0, 0.1) is 0 Å². The average Bonchev–Trinajstić information content (AvgIpc) is 4.04. The molecule has 1 unspecified atom stereocenters. The summed E-state index contributed by atoms with van der Waals surface area (Å²) in [6, 6.07) is 65.9. The molecule has 13 rings (SSSR count). The van der Waals surface area contributed by atoms with Crippen molar-refractivity contribution in [2.24, 2.45) is 0 Å². The molecule has 8 aromatic carbocycles. The summed E-state index contributed by atoms with van der Waals surface area (Å²) in [5, 5.41) is 1.97.